The van der Waals surface area contributed by atoms with Crippen molar-refractivity contribution >= 4 is 29.4 Å². The van der Waals surface area contributed by atoms with Gasteiger partial charge >= 0.3 is 6.09 Å². The molecule has 0 radical (unpaired) electrons. The largest absolute Gasteiger partial charge is 0.507 e. The van der Waals surface area contributed by atoms with Crippen LogP contribution in [-0.4, -0.2) is 110 Å². The Hall–Kier alpha value is -4.71. The molecule has 5 rings (SSSR count). The van der Waals surface area contributed by atoms with Crippen LogP contribution in [0, 0.1) is 0 Å². The highest BCUT2D eigenvalue weighted by molar-refractivity contribution is 6.31. The minimum absolute atomic E-state index is 0.00237. The van der Waals surface area contributed by atoms with E-state index in [0.717, 1.165) is 32.1 Å². The van der Waals surface area contributed by atoms with Crippen molar-refractivity contribution in [3.05, 3.63) is 69.3 Å². The summed E-state index contributed by atoms with van der Waals surface area (Å²) in [5.74, 6) is -4.68. The Kier molecular flexibility index (Phi) is 20.1. The van der Waals surface area contributed by atoms with Crippen LogP contribution < -0.4 is 10.6 Å². The molecule has 364 valence electrons. The zero-order valence-electron chi connectivity index (χ0n) is 38.5. The molecule has 66 heavy (non-hydrogen) atoms. The predicted molar refractivity (Wildman–Crippen MR) is 243 cm³/mol. The van der Waals surface area contributed by atoms with Crippen molar-refractivity contribution < 1.29 is 68.8 Å². The van der Waals surface area contributed by atoms with Crippen molar-refractivity contribution in [2.75, 3.05) is 19.8 Å². The van der Waals surface area contributed by atoms with E-state index in [1.807, 2.05) is 0 Å². The summed E-state index contributed by atoms with van der Waals surface area (Å²) in [6, 6.07) is 3.32. The summed E-state index contributed by atoms with van der Waals surface area (Å²) < 4.78 is 17.4. The molecule has 3 aliphatic rings. The van der Waals surface area contributed by atoms with Gasteiger partial charge in [0.2, 0.25) is 5.91 Å². The molecule has 8 N–H and O–H groups in total. The van der Waals surface area contributed by atoms with Gasteiger partial charge in [0.1, 0.15) is 29.8 Å². The Morgan fingerprint density at radius 3 is 2.18 bits per heavy atom. The Labute approximate surface area is 387 Å². The molecule has 0 aromatic heterocycles. The highest BCUT2D eigenvalue weighted by atomic mass is 16.7. The molecule has 1 fully saturated rings. The number of allylic oxidation sites excluding steroid dienone is 2. The molecule has 2 aromatic carbocycles. The average molecular weight is 923 g/mol. The second kappa shape index (κ2) is 25.4. The number of nitrogens with one attached hydrogen (secondary N) is 2. The molecular formula is C50H70N2O14. The molecule has 2 aromatic rings. The van der Waals surface area contributed by atoms with E-state index in [2.05, 4.69) is 29.7 Å². The van der Waals surface area contributed by atoms with E-state index in [0.29, 0.717) is 6.61 Å². The minimum atomic E-state index is -2.36. The Morgan fingerprint density at radius 2 is 1.52 bits per heavy atom. The number of aromatic hydroxyl groups is 2. The number of fused-ring (bicyclic) bond motifs is 3. The fourth-order valence-electron chi connectivity index (χ4n) is 9.21. The van der Waals surface area contributed by atoms with E-state index in [9.17, 15) is 54.6 Å². The summed E-state index contributed by atoms with van der Waals surface area (Å²) in [7, 11) is 0. The molecule has 16 heteroatoms. The average Bonchev–Trinajstić information content (AvgIpc) is 3.30. The molecule has 6 atom stereocenters. The van der Waals surface area contributed by atoms with Gasteiger partial charge in [-0.05, 0) is 51.0 Å². The number of hydrogen-bond donors (Lipinski definition) is 8. The number of hydrogen-bond acceptors (Lipinski definition) is 14. The molecule has 2 aliphatic carbocycles. The third-order valence-electron chi connectivity index (χ3n) is 12.9. The van der Waals surface area contributed by atoms with Gasteiger partial charge in [0.05, 0.1) is 42.6 Å². The molecular weight excluding hydrogens is 853 g/mol. The van der Waals surface area contributed by atoms with Crippen LogP contribution in [0.5, 0.6) is 11.5 Å². The van der Waals surface area contributed by atoms with Gasteiger partial charge in [0.15, 0.2) is 23.6 Å². The Morgan fingerprint density at radius 1 is 0.864 bits per heavy atom. The molecule has 3 unspecified atom stereocenters. The predicted octanol–water partition coefficient (Wildman–Crippen LogP) is 6.19. The van der Waals surface area contributed by atoms with Crippen LogP contribution >= 0.6 is 0 Å². The fraction of sp³-hybridized carbons (Fsp3) is 0.620. The lowest BCUT2D eigenvalue weighted by molar-refractivity contribution is -0.249. The van der Waals surface area contributed by atoms with Crippen LogP contribution in [0.1, 0.15) is 184 Å². The van der Waals surface area contributed by atoms with Gasteiger partial charge in [-0.15, -0.1) is 0 Å². The van der Waals surface area contributed by atoms with Crippen LogP contribution in [-0.2, 0) is 36.8 Å². The topological polar surface area (TPSA) is 258 Å². The van der Waals surface area contributed by atoms with Gasteiger partial charge < -0.3 is 55.5 Å². The number of phenols is 2. The number of ketones is 3. The first-order chi connectivity index (χ1) is 31.8. The molecule has 0 spiro atoms. The second-order valence-corrected chi connectivity index (χ2v) is 17.9. The number of unbranched alkanes of at least 4 members (excludes halogenated alkanes) is 12. The van der Waals surface area contributed by atoms with Gasteiger partial charge in [-0.2, -0.15) is 0 Å². The Bertz CT molecular complexity index is 2040. The summed E-state index contributed by atoms with van der Waals surface area (Å²) >= 11 is 0. The molecule has 1 saturated heterocycles. The number of carbonyl (C=O) groups excluding carboxylic acids is 5. The van der Waals surface area contributed by atoms with Crippen LogP contribution in [0.25, 0.3) is 0 Å². The summed E-state index contributed by atoms with van der Waals surface area (Å²) in [5.41, 5.74) is -4.08. The maximum absolute atomic E-state index is 13.9. The number of alkyl carbamates (subject to hydrolysis) is 1. The maximum Gasteiger partial charge on any atom is 0.407 e. The highest BCUT2D eigenvalue weighted by Gasteiger charge is 2.50. The lowest BCUT2D eigenvalue weighted by atomic mass is 9.71. The van der Waals surface area contributed by atoms with Crippen molar-refractivity contribution in [1.82, 2.24) is 10.6 Å². The van der Waals surface area contributed by atoms with Gasteiger partial charge in [0, 0.05) is 54.5 Å². The molecule has 0 saturated carbocycles. The van der Waals surface area contributed by atoms with E-state index < -0.39 is 114 Å². The third kappa shape index (κ3) is 13.3. The normalized spacial score (nSPS) is 22.4. The van der Waals surface area contributed by atoms with Crippen LogP contribution in [0.4, 0.5) is 4.79 Å². The van der Waals surface area contributed by atoms with Crippen LogP contribution in [0.3, 0.4) is 0 Å². The number of aliphatic hydroxyl groups excluding tert-OH is 3. The zero-order valence-corrected chi connectivity index (χ0v) is 38.5. The van der Waals surface area contributed by atoms with E-state index in [-0.39, 0.29) is 53.6 Å². The van der Waals surface area contributed by atoms with Gasteiger partial charge in [-0.1, -0.05) is 95.1 Å². The smallest absolute Gasteiger partial charge is 0.407 e. The first kappa shape index (κ1) is 52.3. The zero-order chi connectivity index (χ0) is 47.8. The van der Waals surface area contributed by atoms with Crippen LogP contribution in [0.15, 0.2) is 30.4 Å². The van der Waals surface area contributed by atoms with Crippen molar-refractivity contribution in [3.63, 3.8) is 0 Å². The molecule has 1 heterocycles. The first-order valence-electron chi connectivity index (χ1n) is 23.9. The maximum atomic E-state index is 13.9. The minimum Gasteiger partial charge on any atom is -0.507 e. The fourth-order valence-corrected chi connectivity index (χ4v) is 9.21. The standard InChI is InChI=1S/C50H70N2O14/c1-3-4-5-6-7-8-9-10-11-12-13-14-15-16-17-18-25-64-49(62)51-24-20-23-38(56)52-35-26-39(65-31(2)44(35)57)66-36-28-50(63,37(55)30-54)27-34-41(36)48(61)43-42(46(34)59)45(58)33-22-19-21-32(29-53)40(33)47(43)60/h10-11,19,21-22,31,35-36,39,44,53-54,57,59,61,63H,3-9,12-18,20,23-30H2,1-2H3,(H,51,62)(H,52,56)/b11-10-/t31?,35?,36-,39-,44?,50-/m0/s1. The number of amides is 2. The number of benzene rings is 2. The number of ether oxygens (including phenoxy) is 3. The monoisotopic (exact) mass is 922 g/mol. The molecule has 0 bridgehead atoms. The van der Waals surface area contributed by atoms with Crippen LogP contribution in [0.2, 0.25) is 0 Å². The Balaban J connectivity index is 1.08. The van der Waals surface area contributed by atoms with Crippen molar-refractivity contribution in [2.45, 2.75) is 179 Å². The summed E-state index contributed by atoms with van der Waals surface area (Å²) in [5, 5.41) is 71.1. The second-order valence-electron chi connectivity index (χ2n) is 17.9. The molecule has 1 aliphatic heterocycles. The first-order valence-corrected chi connectivity index (χ1v) is 23.9. The van der Waals surface area contributed by atoms with Gasteiger partial charge in [-0.3, -0.25) is 19.2 Å². The number of phenolic OH excluding ortho intramolecular Hbond substituents is 2. The van der Waals surface area contributed by atoms with E-state index in [1.165, 1.54) is 82.9 Å². The third-order valence-corrected chi connectivity index (χ3v) is 12.9. The van der Waals surface area contributed by atoms with Gasteiger partial charge in [-0.25, -0.2) is 4.79 Å². The summed E-state index contributed by atoms with van der Waals surface area (Å²) in [6.45, 7) is 2.57. The SMILES string of the molecule is CCCCCCCC/C=C\CCCCCCCCOC(=O)NCCCC(=O)NC1C[C@H](O[C@H]2C[C@](O)(C(=O)CO)Cc3c(O)c4c(c(O)c32)C(=O)c2c(CO)cccc2C4=O)OC(C)C1O. The quantitative estimate of drug-likeness (QED) is 0.0254. The lowest BCUT2D eigenvalue weighted by Gasteiger charge is -2.43. The van der Waals surface area contributed by atoms with Gasteiger partial charge in [0.25, 0.3) is 0 Å². The van der Waals surface area contributed by atoms with E-state index in [1.54, 1.807) is 0 Å². The number of aliphatic hydroxyl groups is 4. The van der Waals surface area contributed by atoms with E-state index >= 15 is 0 Å². The van der Waals surface area contributed by atoms with Crippen molar-refractivity contribution in [3.8, 4) is 11.5 Å². The highest BCUT2D eigenvalue weighted by Crippen LogP contribution is 2.52. The number of carbonyl (C=O) groups is 5. The van der Waals surface area contributed by atoms with Crippen molar-refractivity contribution in [2.24, 2.45) is 0 Å². The number of rotatable bonds is 26. The molecule has 16 nitrogen and oxygen atoms in total. The molecule has 2 amide bonds. The van der Waals surface area contributed by atoms with E-state index in [4.69, 9.17) is 14.2 Å². The number of Topliss-reactive ketones (excluding diaryl/α,β-unsaturated/α-hetero) is 1. The van der Waals surface area contributed by atoms with Crippen molar-refractivity contribution in [1.29, 1.82) is 0 Å². The summed E-state index contributed by atoms with van der Waals surface area (Å²) in [6.07, 6.45) is 14.7. The summed E-state index contributed by atoms with van der Waals surface area (Å²) in [4.78, 5) is 65.9. The lowest BCUT2D eigenvalue weighted by Crippen LogP contribution is -2.55.